The highest BCUT2D eigenvalue weighted by molar-refractivity contribution is 5.95. The number of anilines is 1. The number of nitriles is 1. The second-order valence-electron chi connectivity index (χ2n) is 9.36. The number of hydrogen-bond acceptors (Lipinski definition) is 7. The van der Waals surface area contributed by atoms with Gasteiger partial charge in [0.25, 0.3) is 5.56 Å². The van der Waals surface area contributed by atoms with Gasteiger partial charge in [-0.05, 0) is 43.2 Å². The summed E-state index contributed by atoms with van der Waals surface area (Å²) in [5.74, 6) is 1.25. The fourth-order valence-electron chi connectivity index (χ4n) is 4.64. The van der Waals surface area contributed by atoms with Gasteiger partial charge in [-0.1, -0.05) is 18.6 Å². The first-order chi connectivity index (χ1) is 17.9. The van der Waals surface area contributed by atoms with Gasteiger partial charge in [-0.2, -0.15) is 10.4 Å². The van der Waals surface area contributed by atoms with Gasteiger partial charge in [-0.3, -0.25) is 9.59 Å². The first kappa shape index (κ1) is 22.7. The van der Waals surface area contributed by atoms with Crippen molar-refractivity contribution in [1.29, 1.82) is 5.26 Å². The Balaban J connectivity index is 1.41. The number of furan rings is 1. The maximum atomic E-state index is 13.4. The van der Waals surface area contributed by atoms with Crippen LogP contribution in [-0.4, -0.2) is 27.7 Å². The number of fused-ring (bicyclic) bond motifs is 2. The lowest BCUT2D eigenvalue weighted by molar-refractivity contribution is -0.119. The molecule has 0 bridgehead atoms. The molecule has 0 aliphatic heterocycles. The zero-order chi connectivity index (χ0) is 25.7. The van der Waals surface area contributed by atoms with E-state index in [4.69, 9.17) is 8.83 Å². The first-order valence-electron chi connectivity index (χ1n) is 12.1. The summed E-state index contributed by atoms with van der Waals surface area (Å²) in [6.07, 6.45) is 3.15. The van der Waals surface area contributed by atoms with E-state index >= 15 is 0 Å². The molecule has 9 nitrogen and oxygen atoms in total. The molecule has 1 aliphatic rings. The van der Waals surface area contributed by atoms with Crippen molar-refractivity contribution in [3.63, 3.8) is 0 Å². The Morgan fingerprint density at radius 1 is 1.19 bits per heavy atom. The lowest BCUT2D eigenvalue weighted by Gasteiger charge is -2.22. The van der Waals surface area contributed by atoms with Gasteiger partial charge in [0.2, 0.25) is 5.91 Å². The number of carbonyl (C=O) groups is 1. The summed E-state index contributed by atoms with van der Waals surface area (Å²) in [5, 5.41) is 14.3. The van der Waals surface area contributed by atoms with Crippen LogP contribution in [0.25, 0.3) is 33.3 Å². The van der Waals surface area contributed by atoms with Crippen molar-refractivity contribution >= 4 is 33.7 Å². The lowest BCUT2D eigenvalue weighted by atomic mass is 9.83. The van der Waals surface area contributed by atoms with Crippen molar-refractivity contribution in [2.24, 2.45) is 0 Å². The maximum absolute atomic E-state index is 13.4. The van der Waals surface area contributed by atoms with Crippen LogP contribution in [0.3, 0.4) is 0 Å². The average molecular weight is 494 g/mol. The summed E-state index contributed by atoms with van der Waals surface area (Å²) in [5.41, 5.74) is 3.40. The molecule has 2 aromatic carbocycles. The topological polar surface area (TPSA) is 118 Å². The number of nitrogens with zero attached hydrogens (tertiary/aromatic N) is 5. The van der Waals surface area contributed by atoms with Crippen LogP contribution in [0.4, 0.5) is 5.69 Å². The van der Waals surface area contributed by atoms with Gasteiger partial charge < -0.3 is 13.7 Å². The second kappa shape index (κ2) is 8.75. The van der Waals surface area contributed by atoms with Crippen LogP contribution in [0.5, 0.6) is 0 Å². The second-order valence-corrected chi connectivity index (χ2v) is 9.36. The molecule has 3 aromatic heterocycles. The highest BCUT2D eigenvalue weighted by Gasteiger charge is 2.27. The van der Waals surface area contributed by atoms with Crippen LogP contribution in [0.2, 0.25) is 0 Å². The van der Waals surface area contributed by atoms with Crippen molar-refractivity contribution in [2.75, 3.05) is 11.9 Å². The highest BCUT2D eigenvalue weighted by Crippen LogP contribution is 2.39. The third-order valence-corrected chi connectivity index (χ3v) is 6.95. The molecule has 5 aromatic rings. The minimum Gasteiger partial charge on any atom is -0.458 e. The highest BCUT2D eigenvalue weighted by atomic mass is 16.3. The number of rotatable bonds is 5. The van der Waals surface area contributed by atoms with Crippen LogP contribution in [0, 0.1) is 18.3 Å². The molecule has 0 unspecified atom stereocenters. The van der Waals surface area contributed by atoms with Crippen molar-refractivity contribution in [1.82, 2.24) is 14.8 Å². The number of hydrogen-bond donors (Lipinski definition) is 0. The van der Waals surface area contributed by atoms with E-state index in [1.54, 1.807) is 56.4 Å². The van der Waals surface area contributed by atoms with Gasteiger partial charge in [0.05, 0.1) is 17.0 Å². The summed E-state index contributed by atoms with van der Waals surface area (Å²) in [4.78, 5) is 32.5. The van der Waals surface area contributed by atoms with E-state index in [2.05, 4.69) is 16.2 Å². The Labute approximate surface area is 211 Å². The van der Waals surface area contributed by atoms with Gasteiger partial charge >= 0.3 is 0 Å². The number of aryl methyl sites for hydroxylation is 1. The maximum Gasteiger partial charge on any atom is 0.278 e. The van der Waals surface area contributed by atoms with Crippen molar-refractivity contribution in [3.8, 4) is 17.3 Å². The molecule has 0 saturated heterocycles. The molecule has 1 aliphatic carbocycles. The van der Waals surface area contributed by atoms with Gasteiger partial charge in [0, 0.05) is 37.2 Å². The van der Waals surface area contributed by atoms with Crippen LogP contribution in [-0.2, 0) is 11.3 Å². The van der Waals surface area contributed by atoms with Crippen molar-refractivity contribution in [3.05, 3.63) is 76.1 Å². The fourth-order valence-corrected chi connectivity index (χ4v) is 4.64. The van der Waals surface area contributed by atoms with E-state index in [1.165, 1.54) is 9.58 Å². The summed E-state index contributed by atoms with van der Waals surface area (Å²) < 4.78 is 12.9. The zero-order valence-electron chi connectivity index (χ0n) is 20.4. The van der Waals surface area contributed by atoms with Gasteiger partial charge in [-0.25, -0.2) is 9.67 Å². The number of oxazole rings is 1. The van der Waals surface area contributed by atoms with Crippen molar-refractivity contribution in [2.45, 2.75) is 38.6 Å². The molecule has 9 heteroatoms. The van der Waals surface area contributed by atoms with Gasteiger partial charge in [0.1, 0.15) is 23.5 Å². The number of carbonyl (C=O) groups excluding carboxylic acids is 1. The summed E-state index contributed by atoms with van der Waals surface area (Å²) in [7, 11) is 1.64. The first-order valence-corrected chi connectivity index (χ1v) is 12.1. The molecule has 37 heavy (non-hydrogen) atoms. The largest absolute Gasteiger partial charge is 0.458 e. The van der Waals surface area contributed by atoms with E-state index in [-0.39, 0.29) is 18.4 Å². The van der Waals surface area contributed by atoms with E-state index in [9.17, 15) is 14.9 Å². The van der Waals surface area contributed by atoms with E-state index in [0.29, 0.717) is 50.5 Å². The molecule has 0 atom stereocenters. The quantitative estimate of drug-likeness (QED) is 0.341. The summed E-state index contributed by atoms with van der Waals surface area (Å²) in [6, 6.07) is 16.2. The normalized spacial score (nSPS) is 13.5. The molecule has 3 heterocycles. The Hall–Kier alpha value is -4.71. The molecule has 184 valence electrons. The summed E-state index contributed by atoms with van der Waals surface area (Å²) in [6.45, 7) is 1.49. The van der Waals surface area contributed by atoms with Crippen molar-refractivity contribution < 1.29 is 13.6 Å². The molecular formula is C28H23N5O4. The van der Waals surface area contributed by atoms with Gasteiger partial charge in [0.15, 0.2) is 17.1 Å². The molecule has 0 spiro atoms. The van der Waals surface area contributed by atoms with Crippen LogP contribution < -0.4 is 10.5 Å². The smallest absolute Gasteiger partial charge is 0.278 e. The Kier molecular flexibility index (Phi) is 5.37. The predicted molar refractivity (Wildman–Crippen MR) is 137 cm³/mol. The third-order valence-electron chi connectivity index (χ3n) is 6.95. The molecule has 1 saturated carbocycles. The zero-order valence-corrected chi connectivity index (χ0v) is 20.4. The molecule has 0 radical (unpaired) electrons. The van der Waals surface area contributed by atoms with Crippen LogP contribution >= 0.6 is 0 Å². The van der Waals surface area contributed by atoms with Crippen LogP contribution in [0.1, 0.15) is 42.4 Å². The Morgan fingerprint density at radius 2 is 2.03 bits per heavy atom. The molecular weight excluding hydrogens is 470 g/mol. The molecule has 6 rings (SSSR count). The Morgan fingerprint density at radius 3 is 2.78 bits per heavy atom. The van der Waals surface area contributed by atoms with E-state index < -0.39 is 5.56 Å². The number of aromatic nitrogens is 3. The third kappa shape index (κ3) is 3.96. The molecule has 1 fully saturated rings. The predicted octanol–water partition coefficient (Wildman–Crippen LogP) is 4.91. The average Bonchev–Trinajstić information content (AvgIpc) is 3.46. The minimum atomic E-state index is -0.396. The van der Waals surface area contributed by atoms with Gasteiger partial charge in [-0.15, -0.1) is 0 Å². The standard InChI is InChI=1S/C28H23N5O4/c1-16-30-22-10-9-20(12-24(22)36-16)32(2)25(34)15-33-28(35)21-13-23(18-6-4-7-18)37-27(21)26(31-33)19-8-3-5-17(11-19)14-29/h3,5,8-13,18H,4,6-7,15H2,1-2H3. The fraction of sp³-hybridized carbons (Fsp3) is 0.250. The van der Waals surface area contributed by atoms with E-state index in [0.717, 1.165) is 25.0 Å². The number of amides is 1. The SMILES string of the molecule is Cc1nc2ccc(N(C)C(=O)Cn3nc(-c4cccc(C#N)c4)c4oc(C5CCC5)cc4c3=O)cc2o1. The van der Waals surface area contributed by atoms with Crippen LogP contribution in [0.15, 0.2) is 62.2 Å². The minimum absolute atomic E-state index is 0.270. The molecule has 1 amide bonds. The van der Waals surface area contributed by atoms with E-state index in [1.807, 2.05) is 6.07 Å². The number of benzene rings is 2. The monoisotopic (exact) mass is 493 g/mol. The summed E-state index contributed by atoms with van der Waals surface area (Å²) >= 11 is 0. The number of likely N-dealkylation sites (N-methyl/N-ethyl adjacent to an activating group) is 1. The Bertz CT molecular complexity index is 1780. The molecule has 0 N–H and O–H groups in total. The lowest BCUT2D eigenvalue weighted by Crippen LogP contribution is -2.35.